The number of rotatable bonds is 5. The molecular formula is C23H28ClN3O. The Morgan fingerprint density at radius 3 is 2.68 bits per heavy atom. The molecule has 2 aromatic rings. The van der Waals surface area contributed by atoms with Crippen LogP contribution < -0.4 is 15.0 Å². The Morgan fingerprint density at radius 1 is 1.25 bits per heavy atom. The van der Waals surface area contributed by atoms with Crippen LogP contribution >= 0.6 is 11.6 Å². The highest BCUT2D eigenvalue weighted by Gasteiger charge is 2.32. The van der Waals surface area contributed by atoms with Crippen molar-refractivity contribution >= 4 is 23.1 Å². The number of anilines is 1. The van der Waals surface area contributed by atoms with Crippen LogP contribution in [0.15, 0.2) is 41.4 Å². The second-order valence-electron chi connectivity index (χ2n) is 7.89. The molecule has 2 aliphatic rings. The zero-order valence-corrected chi connectivity index (χ0v) is 17.6. The van der Waals surface area contributed by atoms with E-state index in [1.54, 1.807) is 7.11 Å². The van der Waals surface area contributed by atoms with Crippen LogP contribution in [0.2, 0.25) is 5.02 Å². The number of amidine groups is 1. The molecule has 0 saturated heterocycles. The summed E-state index contributed by atoms with van der Waals surface area (Å²) in [5, 5.41) is 4.30. The molecule has 0 saturated carbocycles. The van der Waals surface area contributed by atoms with Crippen molar-refractivity contribution in [2.45, 2.75) is 38.6 Å². The summed E-state index contributed by atoms with van der Waals surface area (Å²) in [5.74, 6) is 2.73. The molecule has 2 heterocycles. The van der Waals surface area contributed by atoms with Crippen LogP contribution in [0, 0.1) is 0 Å². The van der Waals surface area contributed by atoms with Gasteiger partial charge in [0.05, 0.1) is 13.7 Å². The quantitative estimate of drug-likeness (QED) is 0.774. The zero-order chi connectivity index (χ0) is 19.7. The molecule has 2 aliphatic heterocycles. The van der Waals surface area contributed by atoms with Gasteiger partial charge in [0.25, 0.3) is 0 Å². The third-order valence-corrected chi connectivity index (χ3v) is 5.92. The van der Waals surface area contributed by atoms with Crippen molar-refractivity contribution < 1.29 is 4.74 Å². The van der Waals surface area contributed by atoms with Crippen molar-refractivity contribution in [2.24, 2.45) is 4.99 Å². The predicted molar refractivity (Wildman–Crippen MR) is 117 cm³/mol. The summed E-state index contributed by atoms with van der Waals surface area (Å²) in [4.78, 5) is 7.23. The summed E-state index contributed by atoms with van der Waals surface area (Å²) in [5.41, 5.74) is 5.25. The van der Waals surface area contributed by atoms with E-state index in [4.69, 9.17) is 21.3 Å². The number of ether oxygens (including phenoxy) is 1. The lowest BCUT2D eigenvalue weighted by Gasteiger charge is -2.38. The zero-order valence-electron chi connectivity index (χ0n) is 16.8. The van der Waals surface area contributed by atoms with Crippen molar-refractivity contribution in [2.75, 3.05) is 31.6 Å². The number of fused-ring (bicyclic) bond motifs is 1. The molecule has 0 spiro atoms. The molecule has 0 fully saturated rings. The summed E-state index contributed by atoms with van der Waals surface area (Å²) in [6.45, 7) is 8.18. The highest BCUT2D eigenvalue weighted by molar-refractivity contribution is 6.31. The fourth-order valence-electron chi connectivity index (χ4n) is 4.31. The van der Waals surface area contributed by atoms with Crippen molar-refractivity contribution in [3.63, 3.8) is 0 Å². The number of halogens is 1. The average molecular weight is 398 g/mol. The smallest absolute Gasteiger partial charge is 0.118 e. The van der Waals surface area contributed by atoms with Gasteiger partial charge in [-0.15, -0.1) is 0 Å². The monoisotopic (exact) mass is 397 g/mol. The molecule has 148 valence electrons. The lowest BCUT2D eigenvalue weighted by Crippen LogP contribution is -2.37. The molecule has 0 amide bonds. The van der Waals surface area contributed by atoms with Gasteiger partial charge in [0.1, 0.15) is 11.6 Å². The molecule has 2 aromatic carbocycles. The number of nitrogens with one attached hydrogen (secondary N) is 1. The normalized spacial score (nSPS) is 18.7. The molecule has 0 bridgehead atoms. The summed E-state index contributed by atoms with van der Waals surface area (Å²) in [6, 6.07) is 12.7. The molecule has 28 heavy (non-hydrogen) atoms. The van der Waals surface area contributed by atoms with Gasteiger partial charge >= 0.3 is 0 Å². The van der Waals surface area contributed by atoms with Gasteiger partial charge in [-0.05, 0) is 53.3 Å². The highest BCUT2D eigenvalue weighted by Crippen LogP contribution is 2.43. The summed E-state index contributed by atoms with van der Waals surface area (Å²) >= 11 is 6.55. The van der Waals surface area contributed by atoms with E-state index in [-0.39, 0.29) is 0 Å². The molecule has 1 N–H and O–H groups in total. The number of hydrogen-bond acceptors (Lipinski definition) is 4. The molecule has 0 aliphatic carbocycles. The maximum absolute atomic E-state index is 6.55. The number of methoxy groups -OCH3 is 1. The van der Waals surface area contributed by atoms with Crippen LogP contribution in [0.25, 0.3) is 0 Å². The van der Waals surface area contributed by atoms with Gasteiger partial charge in [-0.25, -0.2) is 0 Å². The van der Waals surface area contributed by atoms with Gasteiger partial charge in [0, 0.05) is 36.3 Å². The van der Waals surface area contributed by atoms with Crippen LogP contribution in [0.4, 0.5) is 5.69 Å². The van der Waals surface area contributed by atoms with Crippen LogP contribution in [0.3, 0.4) is 0 Å². The first-order valence-electron chi connectivity index (χ1n) is 10.1. The fraction of sp³-hybridized carbons (Fsp3) is 0.435. The van der Waals surface area contributed by atoms with E-state index in [2.05, 4.69) is 48.3 Å². The van der Waals surface area contributed by atoms with E-state index in [0.717, 1.165) is 49.2 Å². The Hall–Kier alpha value is -2.20. The molecule has 0 aromatic heterocycles. The third kappa shape index (κ3) is 3.70. The van der Waals surface area contributed by atoms with Crippen LogP contribution in [0.1, 0.15) is 48.8 Å². The molecular weight excluding hydrogens is 370 g/mol. The second-order valence-corrected chi connectivity index (χ2v) is 8.33. The topological polar surface area (TPSA) is 36.9 Å². The van der Waals surface area contributed by atoms with Gasteiger partial charge in [-0.1, -0.05) is 37.6 Å². The molecule has 4 nitrogen and oxygen atoms in total. The van der Waals surface area contributed by atoms with Crippen molar-refractivity contribution in [3.05, 3.63) is 58.1 Å². The van der Waals surface area contributed by atoms with Crippen LogP contribution in [0.5, 0.6) is 5.75 Å². The van der Waals surface area contributed by atoms with Crippen molar-refractivity contribution in [1.29, 1.82) is 0 Å². The fourth-order valence-corrected chi connectivity index (χ4v) is 4.54. The molecule has 5 heteroatoms. The standard InChI is InChI=1S/C23H28ClN3O/c1-15(2)20-12-17(24)13-21-19(23-25-9-10-26-23)8-11-27(22(20)21)14-16-4-6-18(28-3)7-5-16/h4-7,12-13,15,19H,8-11,14H2,1-3H3,(H,25,26). The second kappa shape index (κ2) is 8.04. The first-order valence-corrected chi connectivity index (χ1v) is 10.4. The van der Waals surface area contributed by atoms with Crippen molar-refractivity contribution in [1.82, 2.24) is 5.32 Å². The molecule has 0 radical (unpaired) electrons. The van der Waals surface area contributed by atoms with Gasteiger partial charge < -0.3 is 15.0 Å². The van der Waals surface area contributed by atoms with E-state index in [1.807, 2.05) is 12.1 Å². The van der Waals surface area contributed by atoms with E-state index in [9.17, 15) is 0 Å². The largest absolute Gasteiger partial charge is 0.497 e. The first-order chi connectivity index (χ1) is 13.6. The van der Waals surface area contributed by atoms with E-state index in [0.29, 0.717) is 11.8 Å². The summed E-state index contributed by atoms with van der Waals surface area (Å²) in [7, 11) is 1.70. The van der Waals surface area contributed by atoms with Gasteiger partial charge in [0.15, 0.2) is 0 Å². The third-order valence-electron chi connectivity index (χ3n) is 5.70. The lowest BCUT2D eigenvalue weighted by atomic mass is 9.84. The number of benzene rings is 2. The Bertz CT molecular complexity index is 876. The Balaban J connectivity index is 1.74. The van der Waals surface area contributed by atoms with E-state index >= 15 is 0 Å². The van der Waals surface area contributed by atoms with Gasteiger partial charge in [-0.2, -0.15) is 0 Å². The Morgan fingerprint density at radius 2 is 2.04 bits per heavy atom. The van der Waals surface area contributed by atoms with Gasteiger partial charge in [0.2, 0.25) is 0 Å². The lowest BCUT2D eigenvalue weighted by molar-refractivity contribution is 0.414. The first kappa shape index (κ1) is 19.1. The van der Waals surface area contributed by atoms with Crippen LogP contribution in [-0.4, -0.2) is 32.6 Å². The maximum Gasteiger partial charge on any atom is 0.118 e. The summed E-state index contributed by atoms with van der Waals surface area (Å²) < 4.78 is 5.30. The van der Waals surface area contributed by atoms with Crippen LogP contribution in [-0.2, 0) is 6.54 Å². The highest BCUT2D eigenvalue weighted by atomic mass is 35.5. The Labute approximate surface area is 172 Å². The Kier molecular flexibility index (Phi) is 5.49. The number of nitrogens with zero attached hydrogens (tertiary/aromatic N) is 2. The minimum Gasteiger partial charge on any atom is -0.497 e. The van der Waals surface area contributed by atoms with E-state index in [1.165, 1.54) is 22.4 Å². The number of aliphatic imine (C=N–C) groups is 1. The molecule has 1 unspecified atom stereocenters. The predicted octanol–water partition coefficient (Wildman–Crippen LogP) is 4.97. The number of hydrogen-bond donors (Lipinski definition) is 1. The van der Waals surface area contributed by atoms with E-state index < -0.39 is 0 Å². The maximum atomic E-state index is 6.55. The minimum absolute atomic E-state index is 0.306. The van der Waals surface area contributed by atoms with Crippen molar-refractivity contribution in [3.8, 4) is 5.75 Å². The average Bonchev–Trinajstić information content (AvgIpc) is 3.22. The van der Waals surface area contributed by atoms with Gasteiger partial charge in [-0.3, -0.25) is 4.99 Å². The summed E-state index contributed by atoms with van der Waals surface area (Å²) in [6.07, 6.45) is 1.05. The minimum atomic E-state index is 0.306. The SMILES string of the molecule is COc1ccc(CN2CCC(C3=NCCN3)c3cc(Cl)cc(C(C)C)c32)cc1. The molecule has 1 atom stereocenters. The molecule has 4 rings (SSSR count).